The van der Waals surface area contributed by atoms with Crippen LogP contribution in [0.2, 0.25) is 0 Å². The van der Waals surface area contributed by atoms with Gasteiger partial charge in [-0.1, -0.05) is 0 Å². The van der Waals surface area contributed by atoms with E-state index < -0.39 is 44.5 Å². The lowest BCUT2D eigenvalue weighted by Gasteiger charge is -2.26. The van der Waals surface area contributed by atoms with Gasteiger partial charge < -0.3 is 30.1 Å². The summed E-state index contributed by atoms with van der Waals surface area (Å²) in [6, 6.07) is 0. The fourth-order valence-electron chi connectivity index (χ4n) is 2.71. The SMILES string of the molecule is C=NCCNP(=O)([O-])OC[C@H]1O[C@@H](n2cnc3c(=O)[nH]c(N)nc32)C(O)C1O. The van der Waals surface area contributed by atoms with Gasteiger partial charge in [0.25, 0.3) is 5.56 Å². The molecule has 0 bridgehead atoms. The minimum atomic E-state index is -4.41. The molecule has 5 atom stereocenters. The predicted molar refractivity (Wildman–Crippen MR) is 94.5 cm³/mol. The highest BCUT2D eigenvalue weighted by molar-refractivity contribution is 7.49. The van der Waals surface area contributed by atoms with E-state index in [1.807, 2.05) is 0 Å². The first-order valence-electron chi connectivity index (χ1n) is 8.10. The number of nitrogens with zero attached hydrogens (tertiary/aromatic N) is 4. The van der Waals surface area contributed by atoms with Crippen molar-refractivity contribution >= 4 is 31.6 Å². The van der Waals surface area contributed by atoms with E-state index in [-0.39, 0.29) is 30.2 Å². The summed E-state index contributed by atoms with van der Waals surface area (Å²) in [5.41, 5.74) is 4.94. The summed E-state index contributed by atoms with van der Waals surface area (Å²) in [6.07, 6.45) is -4.09. The van der Waals surface area contributed by atoms with Gasteiger partial charge in [0.1, 0.15) is 18.3 Å². The Balaban J connectivity index is 1.73. The maximum Gasteiger partial charge on any atom is 0.280 e. The van der Waals surface area contributed by atoms with Crippen molar-refractivity contribution in [3.63, 3.8) is 0 Å². The molecule has 0 radical (unpaired) electrons. The molecule has 3 unspecified atom stereocenters. The van der Waals surface area contributed by atoms with Crippen molar-refractivity contribution in [1.82, 2.24) is 24.6 Å². The van der Waals surface area contributed by atoms with E-state index in [4.69, 9.17) is 15.0 Å². The lowest BCUT2D eigenvalue weighted by Crippen LogP contribution is -2.35. The average Bonchev–Trinajstić information content (AvgIpc) is 3.16. The van der Waals surface area contributed by atoms with E-state index in [0.717, 1.165) is 0 Å². The summed E-state index contributed by atoms with van der Waals surface area (Å²) >= 11 is 0. The molecular weight excluding hydrogens is 397 g/mol. The van der Waals surface area contributed by atoms with Gasteiger partial charge in [-0.15, -0.1) is 0 Å². The van der Waals surface area contributed by atoms with Crippen LogP contribution in [-0.4, -0.2) is 74.5 Å². The molecule has 3 rings (SSSR count). The van der Waals surface area contributed by atoms with Crippen LogP contribution in [0.4, 0.5) is 5.95 Å². The van der Waals surface area contributed by atoms with Crippen molar-refractivity contribution in [2.24, 2.45) is 4.99 Å². The second-order valence-corrected chi connectivity index (χ2v) is 7.54. The second kappa shape index (κ2) is 8.05. The Morgan fingerprint density at radius 1 is 1.54 bits per heavy atom. The number of nitrogen functional groups attached to an aromatic ring is 1. The van der Waals surface area contributed by atoms with Crippen molar-refractivity contribution in [2.45, 2.75) is 24.5 Å². The molecule has 0 aromatic carbocycles. The normalized spacial score (nSPS) is 27.1. The summed E-state index contributed by atoms with van der Waals surface area (Å²) in [7, 11) is -4.41. The molecule has 2 aromatic heterocycles. The van der Waals surface area contributed by atoms with Crippen LogP contribution in [0.3, 0.4) is 0 Å². The first-order chi connectivity index (χ1) is 13.2. The first kappa shape index (κ1) is 20.5. The van der Waals surface area contributed by atoms with E-state index in [0.29, 0.717) is 0 Å². The van der Waals surface area contributed by atoms with Gasteiger partial charge in [0.2, 0.25) is 13.7 Å². The molecule has 1 aliphatic heterocycles. The fourth-order valence-corrected chi connectivity index (χ4v) is 3.52. The largest absolute Gasteiger partial charge is 0.766 e. The molecule has 1 fully saturated rings. The summed E-state index contributed by atoms with van der Waals surface area (Å²) in [4.78, 5) is 37.2. The number of hydrogen-bond donors (Lipinski definition) is 5. The highest BCUT2D eigenvalue weighted by Crippen LogP contribution is 2.36. The Morgan fingerprint density at radius 3 is 3.00 bits per heavy atom. The third-order valence-corrected chi connectivity index (χ3v) is 5.15. The molecule has 15 heteroatoms. The number of imidazole rings is 1. The third-order valence-electron chi connectivity index (χ3n) is 4.05. The highest BCUT2D eigenvalue weighted by atomic mass is 31.2. The van der Waals surface area contributed by atoms with Crippen molar-refractivity contribution in [3.8, 4) is 0 Å². The molecule has 14 nitrogen and oxygen atoms in total. The summed E-state index contributed by atoms with van der Waals surface area (Å²) in [5.74, 6) is -0.167. The van der Waals surface area contributed by atoms with Gasteiger partial charge in [0, 0.05) is 6.54 Å². The molecule has 0 aliphatic carbocycles. The van der Waals surface area contributed by atoms with Crippen LogP contribution in [0.5, 0.6) is 0 Å². The average molecular weight is 416 g/mol. The van der Waals surface area contributed by atoms with E-state index in [9.17, 15) is 24.5 Å². The molecule has 0 amide bonds. The monoisotopic (exact) mass is 416 g/mol. The lowest BCUT2D eigenvalue weighted by molar-refractivity contribution is -0.205. The Labute approximate surface area is 157 Å². The Kier molecular flexibility index (Phi) is 5.90. The lowest BCUT2D eigenvalue weighted by atomic mass is 10.1. The van der Waals surface area contributed by atoms with Crippen molar-refractivity contribution in [3.05, 3.63) is 16.7 Å². The summed E-state index contributed by atoms with van der Waals surface area (Å²) < 4.78 is 23.3. The van der Waals surface area contributed by atoms with Crippen LogP contribution in [0.1, 0.15) is 6.23 Å². The molecule has 154 valence electrons. The Bertz CT molecular complexity index is 962. The van der Waals surface area contributed by atoms with Crippen LogP contribution >= 0.6 is 7.75 Å². The molecule has 1 saturated heterocycles. The summed E-state index contributed by atoms with van der Waals surface area (Å²) in [5, 5.41) is 22.6. The van der Waals surface area contributed by atoms with Gasteiger partial charge in [-0.05, 0) is 6.72 Å². The van der Waals surface area contributed by atoms with Gasteiger partial charge >= 0.3 is 0 Å². The van der Waals surface area contributed by atoms with Crippen molar-refractivity contribution in [1.29, 1.82) is 0 Å². The van der Waals surface area contributed by atoms with Gasteiger partial charge in [-0.2, -0.15) is 4.98 Å². The number of ether oxygens (including phenoxy) is 1. The van der Waals surface area contributed by atoms with Crippen molar-refractivity contribution in [2.75, 3.05) is 25.4 Å². The second-order valence-electron chi connectivity index (χ2n) is 5.97. The number of nitrogens with two attached hydrogens (primary N) is 1. The van der Waals surface area contributed by atoms with Gasteiger partial charge in [0.05, 0.1) is 19.5 Å². The number of H-pyrrole nitrogens is 1. The fraction of sp³-hybridized carbons (Fsp3) is 0.538. The molecular formula is C13H19N7O7P-. The Hall–Kier alpha value is -2.19. The summed E-state index contributed by atoms with van der Waals surface area (Å²) in [6.45, 7) is 2.85. The number of nitrogens with one attached hydrogen (secondary N) is 2. The minimum absolute atomic E-state index is 0.00622. The molecule has 0 saturated carbocycles. The number of aromatic amines is 1. The van der Waals surface area contributed by atoms with Crippen LogP contribution < -0.4 is 21.3 Å². The zero-order valence-electron chi connectivity index (χ0n) is 14.5. The minimum Gasteiger partial charge on any atom is -0.766 e. The number of hydrogen-bond acceptors (Lipinski definition) is 11. The van der Waals surface area contributed by atoms with Crippen molar-refractivity contribution < 1.29 is 28.9 Å². The number of anilines is 1. The zero-order chi connectivity index (χ0) is 20.5. The first-order valence-corrected chi connectivity index (χ1v) is 9.65. The van der Waals surface area contributed by atoms with Gasteiger partial charge in [-0.3, -0.25) is 29.0 Å². The molecule has 3 heterocycles. The van der Waals surface area contributed by atoms with E-state index in [1.54, 1.807) is 0 Å². The molecule has 0 spiro atoms. The quantitative estimate of drug-likeness (QED) is 0.167. The number of aliphatic hydroxyl groups is 2. The number of rotatable bonds is 8. The number of aliphatic imine (C=N–C) groups is 1. The zero-order valence-corrected chi connectivity index (χ0v) is 15.4. The van der Waals surface area contributed by atoms with Crippen LogP contribution in [0.25, 0.3) is 11.2 Å². The molecule has 28 heavy (non-hydrogen) atoms. The van der Waals surface area contributed by atoms with Crippen LogP contribution in [0, 0.1) is 0 Å². The number of fused-ring (bicyclic) bond motifs is 1. The topological polar surface area (TPSA) is 213 Å². The van der Waals surface area contributed by atoms with E-state index in [1.165, 1.54) is 10.9 Å². The maximum absolute atomic E-state index is 11.9. The molecule has 6 N–H and O–H groups in total. The number of aliphatic hydroxyl groups excluding tert-OH is 2. The van der Waals surface area contributed by atoms with Gasteiger partial charge in [0.15, 0.2) is 17.4 Å². The molecule has 2 aromatic rings. The van der Waals surface area contributed by atoms with Crippen LogP contribution in [-0.2, 0) is 13.8 Å². The maximum atomic E-state index is 11.9. The Morgan fingerprint density at radius 2 is 2.29 bits per heavy atom. The smallest absolute Gasteiger partial charge is 0.280 e. The predicted octanol–water partition coefficient (Wildman–Crippen LogP) is -2.90. The van der Waals surface area contributed by atoms with E-state index >= 15 is 0 Å². The number of aromatic nitrogens is 4. The molecule has 1 aliphatic rings. The van der Waals surface area contributed by atoms with Crippen LogP contribution in [0.15, 0.2) is 16.1 Å². The standard InChI is InChI=1S/C13H20N7O7P/c1-15-2-3-17-28(24,25)26-4-6-8(21)9(22)12(27-6)20-5-16-7-10(20)18-13(14)19-11(7)23/h5-6,8-9,12,21-22H,1-4H2,(H2,17,24,25)(H3,14,18,19,23)/p-1/t6-,8?,9?,12-/m1/s1. The van der Waals surface area contributed by atoms with Gasteiger partial charge in [-0.25, -0.2) is 4.98 Å². The van der Waals surface area contributed by atoms with E-state index in [2.05, 4.69) is 31.7 Å². The third kappa shape index (κ3) is 4.12. The highest BCUT2D eigenvalue weighted by Gasteiger charge is 2.44.